The van der Waals surface area contributed by atoms with Crippen LogP contribution < -0.4 is 20.3 Å². The van der Waals surface area contributed by atoms with Gasteiger partial charge in [0.2, 0.25) is 5.91 Å². The maximum Gasteiger partial charge on any atom is 0.256 e. The van der Waals surface area contributed by atoms with E-state index in [1.165, 1.54) is 13.3 Å². The molecule has 192 valence electrons. The number of hydrogen-bond acceptors (Lipinski definition) is 7. The molecule has 3 aromatic heterocycles. The molecule has 1 aromatic carbocycles. The van der Waals surface area contributed by atoms with Crippen molar-refractivity contribution in [3.05, 3.63) is 64.2 Å². The maximum absolute atomic E-state index is 13.3. The summed E-state index contributed by atoms with van der Waals surface area (Å²) in [5.74, 6) is 0.604. The van der Waals surface area contributed by atoms with Gasteiger partial charge in [0.15, 0.2) is 0 Å². The Labute approximate surface area is 217 Å². The lowest BCUT2D eigenvalue weighted by Crippen LogP contribution is -2.12. The van der Waals surface area contributed by atoms with E-state index in [4.69, 9.17) is 25.8 Å². The highest BCUT2D eigenvalue weighted by molar-refractivity contribution is 6.35. The number of methoxy groups -OCH3 is 3. The van der Waals surface area contributed by atoms with Crippen molar-refractivity contribution in [1.82, 2.24) is 19.7 Å². The Morgan fingerprint density at radius 1 is 1.19 bits per heavy atom. The van der Waals surface area contributed by atoms with Crippen molar-refractivity contribution in [3.63, 3.8) is 0 Å². The van der Waals surface area contributed by atoms with Crippen LogP contribution in [0.25, 0.3) is 33.4 Å². The highest BCUT2D eigenvalue weighted by Crippen LogP contribution is 2.42. The van der Waals surface area contributed by atoms with Crippen LogP contribution in [0.1, 0.15) is 5.56 Å². The summed E-state index contributed by atoms with van der Waals surface area (Å²) < 4.78 is 17.7. The first kappa shape index (κ1) is 25.9. The van der Waals surface area contributed by atoms with Crippen molar-refractivity contribution in [1.29, 1.82) is 0 Å². The van der Waals surface area contributed by atoms with Gasteiger partial charge in [0.1, 0.15) is 17.2 Å². The summed E-state index contributed by atoms with van der Waals surface area (Å²) in [6, 6.07) is 5.15. The minimum Gasteiger partial charge on any atom is -0.496 e. The van der Waals surface area contributed by atoms with Gasteiger partial charge in [-0.3, -0.25) is 19.3 Å². The van der Waals surface area contributed by atoms with Gasteiger partial charge in [0.05, 0.1) is 61.1 Å². The molecule has 4 rings (SSSR count). The molecule has 11 heteroatoms. The van der Waals surface area contributed by atoms with Crippen LogP contribution in [-0.4, -0.2) is 53.6 Å². The molecule has 0 bridgehead atoms. The second kappa shape index (κ2) is 10.9. The smallest absolute Gasteiger partial charge is 0.256 e. The summed E-state index contributed by atoms with van der Waals surface area (Å²) >= 11 is 6.62. The van der Waals surface area contributed by atoms with Gasteiger partial charge in [-0.15, -0.1) is 0 Å². The topological polar surface area (TPSA) is 120 Å². The number of carbonyl (C=O) groups excluding carboxylic acids is 1. The number of pyridine rings is 2. The Morgan fingerprint density at radius 3 is 2.62 bits per heavy atom. The van der Waals surface area contributed by atoms with Crippen molar-refractivity contribution in [2.75, 3.05) is 33.3 Å². The Kier molecular flexibility index (Phi) is 7.61. The quantitative estimate of drug-likeness (QED) is 0.315. The molecule has 37 heavy (non-hydrogen) atoms. The van der Waals surface area contributed by atoms with E-state index >= 15 is 0 Å². The van der Waals surface area contributed by atoms with Gasteiger partial charge in [0, 0.05) is 35.9 Å². The number of rotatable bonds is 9. The molecule has 0 atom stereocenters. The van der Waals surface area contributed by atoms with Gasteiger partial charge >= 0.3 is 0 Å². The third-order valence-electron chi connectivity index (χ3n) is 5.91. The van der Waals surface area contributed by atoms with Gasteiger partial charge in [-0.2, -0.15) is 5.10 Å². The Hall–Kier alpha value is -4.15. The lowest BCUT2D eigenvalue weighted by molar-refractivity contribution is -0.111. The predicted octanol–water partition coefficient (Wildman–Crippen LogP) is 4.20. The van der Waals surface area contributed by atoms with E-state index in [9.17, 15) is 9.59 Å². The lowest BCUT2D eigenvalue weighted by Gasteiger charge is -2.16. The average molecular weight is 524 g/mol. The molecule has 0 aliphatic carbocycles. The van der Waals surface area contributed by atoms with Crippen molar-refractivity contribution in [3.8, 4) is 34.1 Å². The standard InChI is InChI=1S/C26H26ClN5O5/c1-6-22(33)30-19-13-29-32(7-8-35-3)25(19)18-10-16-15(12-28-18)9-17(31-26(16)34)23-14(2)20(36-4)11-21(37-5)24(23)27/h6,9-13H,1,7-8H2,2-5H3,(H,30,33)(H,31,34). The van der Waals surface area contributed by atoms with Gasteiger partial charge in [-0.05, 0) is 25.1 Å². The van der Waals surface area contributed by atoms with Crippen molar-refractivity contribution in [2.45, 2.75) is 13.5 Å². The molecule has 0 aliphatic heterocycles. The Bertz CT molecular complexity index is 1530. The number of H-pyrrole nitrogens is 1. The maximum atomic E-state index is 13.3. The summed E-state index contributed by atoms with van der Waals surface area (Å²) in [6.45, 7) is 6.15. The molecule has 0 spiro atoms. The summed E-state index contributed by atoms with van der Waals surface area (Å²) in [5, 5.41) is 8.44. The first-order valence-electron chi connectivity index (χ1n) is 11.3. The number of amides is 1. The summed E-state index contributed by atoms with van der Waals surface area (Å²) in [7, 11) is 4.65. The first-order valence-corrected chi connectivity index (χ1v) is 11.6. The SMILES string of the molecule is C=CC(=O)Nc1cnn(CCOC)c1-c1cc2c(=O)[nH]c(-c3c(C)c(OC)cc(OC)c3Cl)cc2cn1. The predicted molar refractivity (Wildman–Crippen MR) is 143 cm³/mol. The van der Waals surface area contributed by atoms with E-state index in [0.717, 1.165) is 11.6 Å². The number of nitrogens with zero attached hydrogens (tertiary/aromatic N) is 3. The minimum atomic E-state index is -0.392. The third-order valence-corrected chi connectivity index (χ3v) is 6.29. The molecular weight excluding hydrogens is 498 g/mol. The monoisotopic (exact) mass is 523 g/mol. The number of nitrogens with one attached hydrogen (secondary N) is 2. The highest BCUT2D eigenvalue weighted by Gasteiger charge is 2.20. The first-order chi connectivity index (χ1) is 17.8. The van der Waals surface area contributed by atoms with Crippen LogP contribution in [0.4, 0.5) is 5.69 Å². The van der Waals surface area contributed by atoms with Crippen LogP contribution in [-0.2, 0) is 16.1 Å². The molecule has 10 nitrogen and oxygen atoms in total. The number of benzene rings is 1. The van der Waals surface area contributed by atoms with Crippen molar-refractivity contribution < 1.29 is 19.0 Å². The molecule has 0 unspecified atom stereocenters. The van der Waals surface area contributed by atoms with E-state index in [2.05, 4.69) is 27.0 Å². The van der Waals surface area contributed by atoms with E-state index < -0.39 is 5.91 Å². The Balaban J connectivity index is 1.87. The van der Waals surface area contributed by atoms with Crippen LogP contribution in [0.5, 0.6) is 11.5 Å². The van der Waals surface area contributed by atoms with Crippen molar-refractivity contribution >= 4 is 34.0 Å². The zero-order chi connectivity index (χ0) is 26.7. The van der Waals surface area contributed by atoms with Crippen LogP contribution in [0.2, 0.25) is 5.02 Å². The molecule has 2 N–H and O–H groups in total. The molecule has 1 amide bonds. The van der Waals surface area contributed by atoms with E-state index in [1.54, 1.807) is 43.3 Å². The number of fused-ring (bicyclic) bond motifs is 1. The molecule has 0 radical (unpaired) electrons. The highest BCUT2D eigenvalue weighted by atomic mass is 35.5. The van der Waals surface area contributed by atoms with Crippen LogP contribution in [0.15, 0.2) is 48.0 Å². The molecular formula is C26H26ClN5O5. The zero-order valence-electron chi connectivity index (χ0n) is 20.8. The molecule has 4 aromatic rings. The fraction of sp³-hybridized carbons (Fsp3) is 0.231. The number of hydrogen-bond donors (Lipinski definition) is 2. The van der Waals surface area contributed by atoms with Crippen molar-refractivity contribution in [2.24, 2.45) is 0 Å². The fourth-order valence-corrected chi connectivity index (χ4v) is 4.46. The molecule has 3 heterocycles. The van der Waals surface area contributed by atoms with E-state index in [-0.39, 0.29) is 5.56 Å². The van der Waals surface area contributed by atoms with Gasteiger partial charge in [-0.1, -0.05) is 18.2 Å². The molecule has 0 saturated heterocycles. The number of carbonyl (C=O) groups is 1. The van der Waals surface area contributed by atoms with Gasteiger partial charge in [0.25, 0.3) is 5.56 Å². The summed E-state index contributed by atoms with van der Waals surface area (Å²) in [4.78, 5) is 32.8. The molecule has 0 saturated carbocycles. The number of aromatic nitrogens is 4. The lowest BCUT2D eigenvalue weighted by atomic mass is 10.0. The second-order valence-corrected chi connectivity index (χ2v) is 8.46. The molecule has 0 fully saturated rings. The molecule has 0 aliphatic rings. The van der Waals surface area contributed by atoms with Crippen LogP contribution in [0.3, 0.4) is 0 Å². The normalized spacial score (nSPS) is 10.9. The fourth-order valence-electron chi connectivity index (χ4n) is 4.08. The summed E-state index contributed by atoms with van der Waals surface area (Å²) in [5.41, 5.74) is 2.92. The number of ether oxygens (including phenoxy) is 3. The van der Waals surface area contributed by atoms with E-state index in [1.807, 2.05) is 6.92 Å². The zero-order valence-corrected chi connectivity index (χ0v) is 21.6. The van der Waals surface area contributed by atoms with Gasteiger partial charge in [-0.25, -0.2) is 0 Å². The third kappa shape index (κ3) is 4.93. The van der Waals surface area contributed by atoms with Crippen LogP contribution >= 0.6 is 11.6 Å². The second-order valence-electron chi connectivity index (χ2n) is 8.08. The van der Waals surface area contributed by atoms with Crippen LogP contribution in [0, 0.1) is 6.92 Å². The largest absolute Gasteiger partial charge is 0.496 e. The average Bonchev–Trinajstić information content (AvgIpc) is 3.29. The van der Waals surface area contributed by atoms with Gasteiger partial charge < -0.3 is 24.5 Å². The number of halogens is 1. The van der Waals surface area contributed by atoms with E-state index in [0.29, 0.717) is 68.8 Å². The Morgan fingerprint density at radius 2 is 1.95 bits per heavy atom. The number of anilines is 1. The number of aromatic amines is 1. The summed E-state index contributed by atoms with van der Waals surface area (Å²) in [6.07, 6.45) is 4.28. The minimum absolute atomic E-state index is 0.340.